The Balaban J connectivity index is 1.22. The number of aryl methyl sites for hydroxylation is 1. The zero-order valence-corrected chi connectivity index (χ0v) is 17.9. The second kappa shape index (κ2) is 7.60. The number of nitrogens with one attached hydrogen (secondary N) is 1. The van der Waals surface area contributed by atoms with Crippen molar-refractivity contribution < 1.29 is 0 Å². The Bertz CT molecular complexity index is 1420. The first-order valence-corrected chi connectivity index (χ1v) is 10.9. The van der Waals surface area contributed by atoms with Crippen LogP contribution in [0.1, 0.15) is 22.5 Å². The van der Waals surface area contributed by atoms with Crippen molar-refractivity contribution in [3.8, 4) is 0 Å². The molecule has 1 N–H and O–H groups in total. The summed E-state index contributed by atoms with van der Waals surface area (Å²) in [7, 11) is 0. The number of anilines is 2. The Hall–Kier alpha value is -4.00. The molecule has 1 aliphatic rings. The van der Waals surface area contributed by atoms with E-state index in [1.165, 1.54) is 11.1 Å². The summed E-state index contributed by atoms with van der Waals surface area (Å²) < 4.78 is 1.78. The standard InChI is InChI=1S/C25H23N7/c1-17-28-24-21-8-4-5-9-22(21)29-25(32(24)30-17)27-15-18-10-11-23(26-14-18)31-13-12-19-6-2-3-7-20(19)16-31/h2-11,14H,12-13,15-16H2,1H3,(H,27,29). The molecule has 3 aromatic heterocycles. The van der Waals surface area contributed by atoms with E-state index in [1.807, 2.05) is 37.4 Å². The average Bonchev–Trinajstić information content (AvgIpc) is 3.24. The van der Waals surface area contributed by atoms with Gasteiger partial charge in [-0.15, -0.1) is 5.10 Å². The molecule has 6 rings (SSSR count). The van der Waals surface area contributed by atoms with Gasteiger partial charge in [-0.25, -0.2) is 15.0 Å². The predicted molar refractivity (Wildman–Crippen MR) is 126 cm³/mol. The highest BCUT2D eigenvalue weighted by atomic mass is 15.4. The van der Waals surface area contributed by atoms with E-state index in [2.05, 4.69) is 56.7 Å². The van der Waals surface area contributed by atoms with Crippen molar-refractivity contribution in [2.75, 3.05) is 16.8 Å². The van der Waals surface area contributed by atoms with Crippen LogP contribution in [0.2, 0.25) is 0 Å². The molecule has 5 aromatic rings. The van der Waals surface area contributed by atoms with Crippen LogP contribution < -0.4 is 10.2 Å². The van der Waals surface area contributed by atoms with Gasteiger partial charge < -0.3 is 10.2 Å². The summed E-state index contributed by atoms with van der Waals surface area (Å²) in [4.78, 5) is 16.4. The summed E-state index contributed by atoms with van der Waals surface area (Å²) in [5.74, 6) is 2.41. The lowest BCUT2D eigenvalue weighted by Crippen LogP contribution is -2.30. The van der Waals surface area contributed by atoms with Gasteiger partial charge in [0, 0.05) is 31.2 Å². The van der Waals surface area contributed by atoms with Crippen LogP contribution in [0.3, 0.4) is 0 Å². The summed E-state index contributed by atoms with van der Waals surface area (Å²) >= 11 is 0. The fourth-order valence-corrected chi connectivity index (χ4v) is 4.35. The number of hydrogen-bond donors (Lipinski definition) is 1. The van der Waals surface area contributed by atoms with Crippen molar-refractivity contribution in [1.29, 1.82) is 0 Å². The minimum Gasteiger partial charge on any atom is -0.352 e. The number of para-hydroxylation sites is 1. The van der Waals surface area contributed by atoms with Gasteiger partial charge >= 0.3 is 0 Å². The molecule has 1 aliphatic heterocycles. The summed E-state index contributed by atoms with van der Waals surface area (Å²) in [5.41, 5.74) is 5.64. The Morgan fingerprint density at radius 3 is 2.66 bits per heavy atom. The second-order valence-corrected chi connectivity index (χ2v) is 8.17. The van der Waals surface area contributed by atoms with Crippen LogP contribution in [-0.4, -0.2) is 31.1 Å². The first-order chi connectivity index (χ1) is 15.7. The summed E-state index contributed by atoms with van der Waals surface area (Å²) in [6.07, 6.45) is 3.00. The lowest BCUT2D eigenvalue weighted by molar-refractivity contribution is 0.720. The van der Waals surface area contributed by atoms with E-state index >= 15 is 0 Å². The molecule has 32 heavy (non-hydrogen) atoms. The smallest absolute Gasteiger partial charge is 0.226 e. The van der Waals surface area contributed by atoms with Crippen LogP contribution >= 0.6 is 0 Å². The highest BCUT2D eigenvalue weighted by Gasteiger charge is 2.17. The molecule has 2 aromatic carbocycles. The molecule has 7 heteroatoms. The fourth-order valence-electron chi connectivity index (χ4n) is 4.35. The number of pyridine rings is 1. The van der Waals surface area contributed by atoms with E-state index in [9.17, 15) is 0 Å². The number of aromatic nitrogens is 5. The van der Waals surface area contributed by atoms with Crippen molar-refractivity contribution >= 4 is 28.3 Å². The monoisotopic (exact) mass is 421 g/mol. The molecular weight excluding hydrogens is 398 g/mol. The maximum atomic E-state index is 4.76. The SMILES string of the molecule is Cc1nc2c3ccccc3nc(NCc3ccc(N4CCc5ccccc5C4)nc3)n2n1. The van der Waals surface area contributed by atoms with E-state index in [0.29, 0.717) is 12.5 Å². The third kappa shape index (κ3) is 3.32. The van der Waals surface area contributed by atoms with Gasteiger partial charge in [-0.3, -0.25) is 0 Å². The number of benzene rings is 2. The average molecular weight is 422 g/mol. The molecule has 7 nitrogen and oxygen atoms in total. The van der Waals surface area contributed by atoms with Gasteiger partial charge in [0.25, 0.3) is 0 Å². The third-order valence-corrected chi connectivity index (χ3v) is 6.00. The molecule has 0 spiro atoms. The second-order valence-electron chi connectivity index (χ2n) is 8.17. The van der Waals surface area contributed by atoms with E-state index in [1.54, 1.807) is 4.52 Å². The third-order valence-electron chi connectivity index (χ3n) is 6.00. The van der Waals surface area contributed by atoms with Crippen LogP contribution in [0.25, 0.3) is 16.6 Å². The molecule has 0 radical (unpaired) electrons. The van der Waals surface area contributed by atoms with Crippen LogP contribution in [0.15, 0.2) is 66.9 Å². The number of fused-ring (bicyclic) bond motifs is 4. The topological polar surface area (TPSA) is 71.2 Å². The van der Waals surface area contributed by atoms with Crippen molar-refractivity contribution in [3.05, 3.63) is 89.4 Å². The van der Waals surface area contributed by atoms with Gasteiger partial charge in [0.1, 0.15) is 11.6 Å². The lowest BCUT2D eigenvalue weighted by Gasteiger charge is -2.29. The number of nitrogens with zero attached hydrogens (tertiary/aromatic N) is 6. The fraction of sp³-hybridized carbons (Fsp3) is 0.200. The summed E-state index contributed by atoms with van der Waals surface area (Å²) in [5, 5.41) is 8.94. The number of rotatable bonds is 4. The first-order valence-electron chi connectivity index (χ1n) is 10.9. The van der Waals surface area contributed by atoms with E-state index in [-0.39, 0.29) is 0 Å². The maximum absolute atomic E-state index is 4.76. The van der Waals surface area contributed by atoms with Crippen LogP contribution in [-0.2, 0) is 19.5 Å². The zero-order valence-electron chi connectivity index (χ0n) is 17.9. The van der Waals surface area contributed by atoms with Gasteiger partial charge in [-0.1, -0.05) is 42.5 Å². The van der Waals surface area contributed by atoms with Gasteiger partial charge in [0.05, 0.1) is 5.52 Å². The summed E-state index contributed by atoms with van der Waals surface area (Å²) in [6.45, 7) is 4.40. The van der Waals surface area contributed by atoms with E-state index in [4.69, 9.17) is 9.97 Å². The van der Waals surface area contributed by atoms with Gasteiger partial charge in [0.15, 0.2) is 5.65 Å². The molecular formula is C25H23N7. The van der Waals surface area contributed by atoms with E-state index < -0.39 is 0 Å². The van der Waals surface area contributed by atoms with Crippen molar-refractivity contribution in [2.45, 2.75) is 26.4 Å². The molecule has 4 heterocycles. The van der Waals surface area contributed by atoms with Crippen LogP contribution in [0.5, 0.6) is 0 Å². The molecule has 158 valence electrons. The van der Waals surface area contributed by atoms with Gasteiger partial charge in [-0.05, 0) is 48.2 Å². The van der Waals surface area contributed by atoms with Crippen molar-refractivity contribution in [3.63, 3.8) is 0 Å². The Morgan fingerprint density at radius 1 is 0.938 bits per heavy atom. The van der Waals surface area contributed by atoms with Crippen molar-refractivity contribution in [1.82, 2.24) is 24.6 Å². The molecule has 0 saturated heterocycles. The lowest BCUT2D eigenvalue weighted by atomic mass is 10.00. The van der Waals surface area contributed by atoms with Crippen LogP contribution in [0, 0.1) is 6.92 Å². The molecule has 0 aliphatic carbocycles. The number of hydrogen-bond acceptors (Lipinski definition) is 6. The molecule has 0 saturated carbocycles. The first kappa shape index (κ1) is 18.7. The van der Waals surface area contributed by atoms with Gasteiger partial charge in [-0.2, -0.15) is 4.52 Å². The highest BCUT2D eigenvalue weighted by Crippen LogP contribution is 2.24. The minimum absolute atomic E-state index is 0.607. The minimum atomic E-state index is 0.607. The Kier molecular flexibility index (Phi) is 4.45. The van der Waals surface area contributed by atoms with Crippen LogP contribution in [0.4, 0.5) is 11.8 Å². The Labute approximate surface area is 185 Å². The zero-order chi connectivity index (χ0) is 21.5. The highest BCUT2D eigenvalue weighted by molar-refractivity contribution is 5.92. The summed E-state index contributed by atoms with van der Waals surface area (Å²) in [6, 6.07) is 20.9. The molecule has 0 atom stereocenters. The predicted octanol–water partition coefficient (Wildman–Crippen LogP) is 4.16. The molecule has 0 bridgehead atoms. The van der Waals surface area contributed by atoms with Gasteiger partial charge in [0.2, 0.25) is 5.95 Å². The van der Waals surface area contributed by atoms with E-state index in [0.717, 1.165) is 53.3 Å². The molecule has 0 amide bonds. The normalized spacial score (nSPS) is 13.5. The Morgan fingerprint density at radius 2 is 1.78 bits per heavy atom. The largest absolute Gasteiger partial charge is 0.352 e. The molecule has 0 unspecified atom stereocenters. The van der Waals surface area contributed by atoms with Crippen molar-refractivity contribution in [2.24, 2.45) is 0 Å². The maximum Gasteiger partial charge on any atom is 0.226 e. The molecule has 0 fully saturated rings. The quantitative estimate of drug-likeness (QED) is 0.470.